The average molecular weight is 294 g/mol. The summed E-state index contributed by atoms with van der Waals surface area (Å²) in [5, 5.41) is 12.3. The second kappa shape index (κ2) is 6.34. The first-order chi connectivity index (χ1) is 10.1. The average Bonchev–Trinajstić information content (AvgIpc) is 3.24. The zero-order valence-corrected chi connectivity index (χ0v) is 12.6. The molecule has 5 heteroatoms. The van der Waals surface area contributed by atoms with E-state index >= 15 is 0 Å². The van der Waals surface area contributed by atoms with Crippen molar-refractivity contribution < 1.29 is 14.7 Å². The molecule has 3 rings (SSSR count). The molecule has 2 saturated carbocycles. The van der Waals surface area contributed by atoms with E-state index in [-0.39, 0.29) is 11.8 Å². The summed E-state index contributed by atoms with van der Waals surface area (Å²) in [7, 11) is 0. The highest BCUT2D eigenvalue weighted by Gasteiger charge is 2.37. The van der Waals surface area contributed by atoms with Gasteiger partial charge in [0.25, 0.3) is 0 Å². The second-order valence-corrected chi connectivity index (χ2v) is 6.96. The minimum Gasteiger partial charge on any atom is -0.481 e. The Bertz CT molecular complexity index is 408. The van der Waals surface area contributed by atoms with Crippen molar-refractivity contribution in [3.05, 3.63) is 0 Å². The van der Waals surface area contributed by atoms with Gasteiger partial charge in [0.1, 0.15) is 0 Å². The van der Waals surface area contributed by atoms with Crippen molar-refractivity contribution in [3.8, 4) is 0 Å². The first-order valence-corrected chi connectivity index (χ1v) is 8.39. The molecule has 0 radical (unpaired) electrons. The maximum absolute atomic E-state index is 12.3. The maximum Gasteiger partial charge on any atom is 0.307 e. The third-order valence-corrected chi connectivity index (χ3v) is 5.37. The van der Waals surface area contributed by atoms with E-state index in [1.54, 1.807) is 0 Å². The Morgan fingerprint density at radius 1 is 1.05 bits per heavy atom. The van der Waals surface area contributed by atoms with Gasteiger partial charge < -0.3 is 15.3 Å². The van der Waals surface area contributed by atoms with E-state index in [9.17, 15) is 14.7 Å². The molecule has 0 aromatic carbocycles. The first-order valence-electron chi connectivity index (χ1n) is 8.39. The number of carbonyl (C=O) groups excluding carboxylic acids is 1. The van der Waals surface area contributed by atoms with Crippen molar-refractivity contribution in [3.63, 3.8) is 0 Å². The Balaban J connectivity index is 1.45. The summed E-state index contributed by atoms with van der Waals surface area (Å²) in [6.07, 6.45) is 7.10. The predicted molar refractivity (Wildman–Crippen MR) is 78.8 cm³/mol. The number of carbonyl (C=O) groups is 2. The molecule has 1 unspecified atom stereocenters. The minimum atomic E-state index is -0.810. The fourth-order valence-corrected chi connectivity index (χ4v) is 3.92. The van der Waals surface area contributed by atoms with E-state index in [1.165, 1.54) is 12.8 Å². The topological polar surface area (TPSA) is 69.6 Å². The van der Waals surface area contributed by atoms with Crippen LogP contribution in [0.1, 0.15) is 44.9 Å². The van der Waals surface area contributed by atoms with Crippen LogP contribution in [0.4, 0.5) is 0 Å². The van der Waals surface area contributed by atoms with Crippen LogP contribution in [0.25, 0.3) is 0 Å². The van der Waals surface area contributed by atoms with Crippen LogP contribution in [-0.2, 0) is 9.59 Å². The van der Waals surface area contributed by atoms with E-state index in [1.807, 2.05) is 0 Å². The van der Waals surface area contributed by atoms with Gasteiger partial charge in [-0.1, -0.05) is 12.8 Å². The highest BCUT2D eigenvalue weighted by molar-refractivity contribution is 5.84. The summed E-state index contributed by atoms with van der Waals surface area (Å²) in [5.41, 5.74) is 0. The van der Waals surface area contributed by atoms with E-state index in [0.717, 1.165) is 44.8 Å². The highest BCUT2D eigenvalue weighted by atomic mass is 16.4. The molecule has 0 aromatic rings. The van der Waals surface area contributed by atoms with E-state index in [2.05, 4.69) is 10.2 Å². The van der Waals surface area contributed by atoms with Gasteiger partial charge in [0.05, 0.1) is 11.8 Å². The second-order valence-electron chi connectivity index (χ2n) is 6.96. The molecule has 2 aliphatic carbocycles. The van der Waals surface area contributed by atoms with Gasteiger partial charge in [-0.15, -0.1) is 0 Å². The van der Waals surface area contributed by atoms with Gasteiger partial charge in [0, 0.05) is 19.1 Å². The van der Waals surface area contributed by atoms with Gasteiger partial charge in [0.2, 0.25) is 5.91 Å². The molecule has 3 fully saturated rings. The standard InChI is InChI=1S/C16H26N2O3/c19-15(13-3-1-2-4-14(13)16(20)21)17-9-11-7-8-18(10-11)12-5-6-12/h11-14H,1-10H2,(H,17,19)(H,20,21)/t11?,13-,14+/m1/s1. The van der Waals surface area contributed by atoms with Gasteiger partial charge in [-0.25, -0.2) is 0 Å². The van der Waals surface area contributed by atoms with Crippen LogP contribution in [0.5, 0.6) is 0 Å². The number of rotatable bonds is 5. The Kier molecular flexibility index (Phi) is 4.48. The SMILES string of the molecule is O=C(O)[C@H]1CCCC[C@H]1C(=O)NCC1CCN(C2CC2)C1. The highest BCUT2D eigenvalue weighted by Crippen LogP contribution is 2.32. The molecule has 21 heavy (non-hydrogen) atoms. The maximum atomic E-state index is 12.3. The number of carboxylic acids is 1. The third-order valence-electron chi connectivity index (χ3n) is 5.37. The van der Waals surface area contributed by atoms with Crippen LogP contribution in [0, 0.1) is 17.8 Å². The van der Waals surface area contributed by atoms with Gasteiger partial charge in [-0.05, 0) is 44.6 Å². The third kappa shape index (κ3) is 3.57. The number of aliphatic carboxylic acids is 1. The van der Waals surface area contributed by atoms with E-state index < -0.39 is 11.9 Å². The Labute approximate surface area is 126 Å². The molecule has 1 saturated heterocycles. The molecule has 1 aliphatic heterocycles. The molecular weight excluding hydrogens is 268 g/mol. The van der Waals surface area contributed by atoms with Crippen molar-refractivity contribution in [2.45, 2.75) is 51.0 Å². The van der Waals surface area contributed by atoms with Gasteiger partial charge in [0.15, 0.2) is 0 Å². The smallest absolute Gasteiger partial charge is 0.307 e. The molecule has 0 aromatic heterocycles. The number of nitrogens with zero attached hydrogens (tertiary/aromatic N) is 1. The predicted octanol–water partition coefficient (Wildman–Crippen LogP) is 1.48. The summed E-state index contributed by atoms with van der Waals surface area (Å²) in [4.78, 5) is 26.1. The fraction of sp³-hybridized carbons (Fsp3) is 0.875. The van der Waals surface area contributed by atoms with Crippen LogP contribution >= 0.6 is 0 Å². The first kappa shape index (κ1) is 14.8. The monoisotopic (exact) mass is 294 g/mol. The lowest BCUT2D eigenvalue weighted by Crippen LogP contribution is -2.41. The van der Waals surface area contributed by atoms with Crippen LogP contribution < -0.4 is 5.32 Å². The molecule has 5 nitrogen and oxygen atoms in total. The molecule has 1 amide bonds. The Morgan fingerprint density at radius 2 is 1.76 bits per heavy atom. The number of hydrogen-bond donors (Lipinski definition) is 2. The summed E-state index contributed by atoms with van der Waals surface area (Å²) in [6, 6.07) is 0.806. The zero-order valence-electron chi connectivity index (χ0n) is 12.6. The summed E-state index contributed by atoms with van der Waals surface area (Å²) in [5.74, 6) is -1.11. The largest absolute Gasteiger partial charge is 0.481 e. The van der Waals surface area contributed by atoms with Crippen LogP contribution in [0.2, 0.25) is 0 Å². The van der Waals surface area contributed by atoms with Crippen molar-refractivity contribution in [1.82, 2.24) is 10.2 Å². The molecule has 2 N–H and O–H groups in total. The number of hydrogen-bond acceptors (Lipinski definition) is 3. The molecule has 3 atom stereocenters. The van der Waals surface area contributed by atoms with Gasteiger partial charge in [-0.2, -0.15) is 0 Å². The quantitative estimate of drug-likeness (QED) is 0.806. The van der Waals surface area contributed by atoms with E-state index in [0.29, 0.717) is 18.9 Å². The van der Waals surface area contributed by atoms with Crippen LogP contribution in [0.15, 0.2) is 0 Å². The zero-order chi connectivity index (χ0) is 14.8. The number of amides is 1. The van der Waals surface area contributed by atoms with Gasteiger partial charge >= 0.3 is 5.97 Å². The lowest BCUT2D eigenvalue weighted by molar-refractivity contribution is -0.148. The van der Waals surface area contributed by atoms with Gasteiger partial charge in [-0.3, -0.25) is 9.59 Å². The molecule has 0 spiro atoms. The molecule has 118 valence electrons. The van der Waals surface area contributed by atoms with Crippen molar-refractivity contribution in [2.75, 3.05) is 19.6 Å². The number of nitrogens with one attached hydrogen (secondary N) is 1. The minimum absolute atomic E-state index is 0.0352. The number of likely N-dealkylation sites (tertiary alicyclic amines) is 1. The van der Waals surface area contributed by atoms with Crippen LogP contribution in [-0.4, -0.2) is 47.6 Å². The summed E-state index contributed by atoms with van der Waals surface area (Å²) >= 11 is 0. The molecule has 1 heterocycles. The fourth-order valence-electron chi connectivity index (χ4n) is 3.92. The molecule has 0 bridgehead atoms. The lowest BCUT2D eigenvalue weighted by atomic mass is 9.78. The normalized spacial score (nSPS) is 33.8. The number of carboxylic acid groups (broad SMARTS) is 1. The van der Waals surface area contributed by atoms with Crippen molar-refractivity contribution in [2.24, 2.45) is 17.8 Å². The van der Waals surface area contributed by atoms with E-state index in [4.69, 9.17) is 0 Å². The Hall–Kier alpha value is -1.10. The van der Waals surface area contributed by atoms with Crippen LogP contribution in [0.3, 0.4) is 0 Å². The molecule has 3 aliphatic rings. The summed E-state index contributed by atoms with van der Waals surface area (Å²) < 4.78 is 0. The van der Waals surface area contributed by atoms with Crippen molar-refractivity contribution >= 4 is 11.9 Å². The summed E-state index contributed by atoms with van der Waals surface area (Å²) in [6.45, 7) is 2.97. The van der Waals surface area contributed by atoms with Crippen molar-refractivity contribution in [1.29, 1.82) is 0 Å². The Morgan fingerprint density at radius 3 is 2.43 bits per heavy atom. The molecular formula is C16H26N2O3. The lowest BCUT2D eigenvalue weighted by Gasteiger charge is -2.28.